The fraction of sp³-hybridized carbons (Fsp3) is 0.417. The second-order valence-electron chi connectivity index (χ2n) is 7.43. The largest absolute Gasteiger partial charge is 0.484 e. The molecule has 30 heavy (non-hydrogen) atoms. The lowest BCUT2D eigenvalue weighted by molar-refractivity contribution is -0.142. The second-order valence-corrected chi connectivity index (χ2v) is 7.43. The maximum atomic E-state index is 13.2. The van der Waals surface area contributed by atoms with E-state index in [0.717, 1.165) is 18.4 Å². The van der Waals surface area contributed by atoms with Crippen molar-refractivity contribution in [3.05, 3.63) is 65.5 Å². The molecule has 0 bridgehead atoms. The summed E-state index contributed by atoms with van der Waals surface area (Å²) in [5.74, 6) is -0.296. The van der Waals surface area contributed by atoms with Crippen molar-refractivity contribution in [3.8, 4) is 5.75 Å². The highest BCUT2D eigenvalue weighted by Gasteiger charge is 2.27. The summed E-state index contributed by atoms with van der Waals surface area (Å²) >= 11 is 0. The van der Waals surface area contributed by atoms with Gasteiger partial charge in [0.05, 0.1) is 0 Å². The molecule has 2 aromatic carbocycles. The molecule has 0 saturated heterocycles. The molecule has 0 fully saturated rings. The van der Waals surface area contributed by atoms with Crippen LogP contribution in [0.3, 0.4) is 0 Å². The van der Waals surface area contributed by atoms with Crippen LogP contribution in [0, 0.1) is 5.82 Å². The van der Waals surface area contributed by atoms with Gasteiger partial charge in [0.15, 0.2) is 6.61 Å². The lowest BCUT2D eigenvalue weighted by Gasteiger charge is -2.29. The first kappa shape index (κ1) is 23.4. The van der Waals surface area contributed by atoms with Gasteiger partial charge in [-0.2, -0.15) is 0 Å². The number of hydrogen-bond donors (Lipinski definition) is 1. The summed E-state index contributed by atoms with van der Waals surface area (Å²) in [6.45, 7) is 7.65. The van der Waals surface area contributed by atoms with Gasteiger partial charge in [0.25, 0.3) is 5.91 Å². The minimum Gasteiger partial charge on any atom is -0.484 e. The fourth-order valence-corrected chi connectivity index (χ4v) is 2.88. The normalized spacial score (nSPS) is 12.7. The predicted molar refractivity (Wildman–Crippen MR) is 116 cm³/mol. The van der Waals surface area contributed by atoms with Crippen LogP contribution in [0.25, 0.3) is 0 Å². The van der Waals surface area contributed by atoms with E-state index in [1.165, 1.54) is 22.6 Å². The minimum atomic E-state index is -0.692. The highest BCUT2D eigenvalue weighted by Crippen LogP contribution is 2.15. The van der Waals surface area contributed by atoms with Crippen LogP contribution in [0.1, 0.15) is 45.2 Å². The van der Waals surface area contributed by atoms with E-state index in [1.807, 2.05) is 38.1 Å². The molecule has 0 aromatic heterocycles. The fourth-order valence-electron chi connectivity index (χ4n) is 2.88. The smallest absolute Gasteiger partial charge is 0.261 e. The molecular formula is C24H31FN2O3. The first-order valence-corrected chi connectivity index (χ1v) is 10.4. The molecule has 0 aliphatic heterocycles. The van der Waals surface area contributed by atoms with Gasteiger partial charge in [-0.25, -0.2) is 4.39 Å². The number of aryl methyl sites for hydroxylation is 1. The average Bonchev–Trinajstić information content (AvgIpc) is 2.76. The molecule has 6 heteroatoms. The molecular weight excluding hydrogens is 383 g/mol. The summed E-state index contributed by atoms with van der Waals surface area (Å²) in [5.41, 5.74) is 1.92. The van der Waals surface area contributed by atoms with Crippen molar-refractivity contribution in [1.82, 2.24) is 10.2 Å². The third-order valence-electron chi connectivity index (χ3n) is 5.13. The maximum Gasteiger partial charge on any atom is 0.261 e. The van der Waals surface area contributed by atoms with Crippen LogP contribution in [0.5, 0.6) is 5.75 Å². The number of amides is 2. The van der Waals surface area contributed by atoms with E-state index >= 15 is 0 Å². The Morgan fingerprint density at radius 3 is 2.17 bits per heavy atom. The average molecular weight is 415 g/mol. The highest BCUT2D eigenvalue weighted by atomic mass is 19.1. The van der Waals surface area contributed by atoms with Gasteiger partial charge < -0.3 is 15.0 Å². The minimum absolute atomic E-state index is 0.0102. The van der Waals surface area contributed by atoms with E-state index in [-0.39, 0.29) is 36.8 Å². The van der Waals surface area contributed by atoms with Gasteiger partial charge in [0.2, 0.25) is 5.91 Å². The third kappa shape index (κ3) is 6.87. The number of halogens is 1. The summed E-state index contributed by atoms with van der Waals surface area (Å²) in [7, 11) is 0. The summed E-state index contributed by atoms with van der Waals surface area (Å²) < 4.78 is 18.9. The quantitative estimate of drug-likeness (QED) is 0.637. The Hall–Kier alpha value is -2.89. The van der Waals surface area contributed by atoms with Crippen molar-refractivity contribution in [1.29, 1.82) is 0 Å². The Morgan fingerprint density at radius 2 is 1.60 bits per heavy atom. The first-order chi connectivity index (χ1) is 14.3. The Balaban J connectivity index is 2.12. The lowest BCUT2D eigenvalue weighted by Crippen LogP contribution is -2.50. The van der Waals surface area contributed by atoms with Crippen molar-refractivity contribution in [2.24, 2.45) is 0 Å². The zero-order valence-electron chi connectivity index (χ0n) is 18.2. The van der Waals surface area contributed by atoms with E-state index in [4.69, 9.17) is 4.74 Å². The van der Waals surface area contributed by atoms with Crippen molar-refractivity contribution in [2.75, 3.05) is 6.61 Å². The molecule has 0 saturated carbocycles. The van der Waals surface area contributed by atoms with Gasteiger partial charge in [0.1, 0.15) is 17.6 Å². The number of nitrogens with zero attached hydrogens (tertiary/aromatic N) is 1. The zero-order valence-corrected chi connectivity index (χ0v) is 18.2. The number of hydrogen-bond acceptors (Lipinski definition) is 3. The van der Waals surface area contributed by atoms with E-state index in [0.29, 0.717) is 5.75 Å². The third-order valence-corrected chi connectivity index (χ3v) is 5.13. The highest BCUT2D eigenvalue weighted by molar-refractivity contribution is 5.88. The standard InChI is InChI=1S/C24H31FN2O3/c1-5-17(3)26-24(29)18(4)27(15-20-7-11-21(25)12-8-20)23(28)16-30-22-13-9-19(6-2)10-14-22/h7-14,17-18H,5-6,15-16H2,1-4H3,(H,26,29)/t17-,18+/m1/s1. The molecule has 0 heterocycles. The molecule has 2 rings (SSSR count). The molecule has 1 N–H and O–H groups in total. The van der Waals surface area contributed by atoms with Crippen LogP contribution >= 0.6 is 0 Å². The van der Waals surface area contributed by atoms with E-state index in [1.54, 1.807) is 19.1 Å². The topological polar surface area (TPSA) is 58.6 Å². The van der Waals surface area contributed by atoms with Crippen LogP contribution < -0.4 is 10.1 Å². The summed E-state index contributed by atoms with van der Waals surface area (Å²) in [4.78, 5) is 27.1. The van der Waals surface area contributed by atoms with Gasteiger partial charge in [-0.15, -0.1) is 0 Å². The van der Waals surface area contributed by atoms with E-state index in [9.17, 15) is 14.0 Å². The lowest BCUT2D eigenvalue weighted by atomic mass is 10.1. The first-order valence-electron chi connectivity index (χ1n) is 10.4. The van der Waals surface area contributed by atoms with Gasteiger partial charge in [0, 0.05) is 12.6 Å². The maximum absolute atomic E-state index is 13.2. The molecule has 5 nitrogen and oxygen atoms in total. The van der Waals surface area contributed by atoms with Gasteiger partial charge >= 0.3 is 0 Å². The predicted octanol–water partition coefficient (Wildman–Crippen LogP) is 4.10. The molecule has 2 aromatic rings. The van der Waals surface area contributed by atoms with Gasteiger partial charge in [-0.05, 0) is 62.1 Å². The number of rotatable bonds is 10. The van der Waals surface area contributed by atoms with Crippen LogP contribution in [-0.2, 0) is 22.6 Å². The molecule has 0 unspecified atom stereocenters. The molecule has 0 radical (unpaired) electrons. The van der Waals surface area contributed by atoms with Gasteiger partial charge in [-0.3, -0.25) is 9.59 Å². The molecule has 0 aliphatic carbocycles. The Labute approximate surface area is 178 Å². The number of ether oxygens (including phenoxy) is 1. The van der Waals surface area contributed by atoms with Crippen LogP contribution in [0.4, 0.5) is 4.39 Å². The number of benzene rings is 2. The van der Waals surface area contributed by atoms with Gasteiger partial charge in [-0.1, -0.05) is 38.1 Å². The van der Waals surface area contributed by atoms with Crippen LogP contribution in [-0.4, -0.2) is 35.4 Å². The van der Waals surface area contributed by atoms with Crippen molar-refractivity contribution < 1.29 is 18.7 Å². The molecule has 2 amide bonds. The number of carbonyl (C=O) groups excluding carboxylic acids is 2. The summed E-state index contributed by atoms with van der Waals surface area (Å²) in [5, 5.41) is 2.91. The Bertz CT molecular complexity index is 821. The van der Waals surface area contributed by atoms with Crippen LogP contribution in [0.2, 0.25) is 0 Å². The van der Waals surface area contributed by atoms with Crippen molar-refractivity contribution in [2.45, 2.75) is 59.2 Å². The zero-order chi connectivity index (χ0) is 22.1. The molecule has 0 aliphatic rings. The van der Waals surface area contributed by atoms with Crippen molar-refractivity contribution >= 4 is 11.8 Å². The summed E-state index contributed by atoms with van der Waals surface area (Å²) in [6, 6.07) is 12.8. The van der Waals surface area contributed by atoms with Crippen LogP contribution in [0.15, 0.2) is 48.5 Å². The molecule has 162 valence electrons. The van der Waals surface area contributed by atoms with E-state index < -0.39 is 6.04 Å². The van der Waals surface area contributed by atoms with Crippen molar-refractivity contribution in [3.63, 3.8) is 0 Å². The number of carbonyl (C=O) groups is 2. The number of nitrogens with one attached hydrogen (secondary N) is 1. The Kier molecular flexibility index (Phi) is 8.84. The SMILES string of the molecule is CCc1ccc(OCC(=O)N(Cc2ccc(F)cc2)[C@@H](C)C(=O)N[C@H](C)CC)cc1. The summed E-state index contributed by atoms with van der Waals surface area (Å²) in [6.07, 6.45) is 1.72. The molecule has 2 atom stereocenters. The molecule has 0 spiro atoms. The monoisotopic (exact) mass is 414 g/mol. The van der Waals surface area contributed by atoms with E-state index in [2.05, 4.69) is 12.2 Å². The second kappa shape index (κ2) is 11.3. The Morgan fingerprint density at radius 1 is 1.00 bits per heavy atom.